The van der Waals surface area contributed by atoms with Gasteiger partial charge in [-0.25, -0.2) is 4.79 Å². The second-order valence-electron chi connectivity index (χ2n) is 5.42. The monoisotopic (exact) mass is 262 g/mol. The number of piperidine rings is 1. The van der Waals surface area contributed by atoms with Crippen LogP contribution in [0.25, 0.3) is 0 Å². The van der Waals surface area contributed by atoms with Crippen LogP contribution in [0.1, 0.15) is 43.2 Å². The van der Waals surface area contributed by atoms with E-state index in [0.29, 0.717) is 11.7 Å². The van der Waals surface area contributed by atoms with Crippen molar-refractivity contribution in [3.8, 4) is 0 Å². The second-order valence-corrected chi connectivity index (χ2v) is 5.42. The Hall–Kier alpha value is -1.55. The van der Waals surface area contributed by atoms with E-state index in [9.17, 15) is 4.79 Å². The van der Waals surface area contributed by atoms with Gasteiger partial charge in [0.1, 0.15) is 5.69 Å². The molecule has 1 saturated heterocycles. The molecule has 19 heavy (non-hydrogen) atoms. The van der Waals surface area contributed by atoms with E-state index in [4.69, 9.17) is 5.11 Å². The van der Waals surface area contributed by atoms with Crippen LogP contribution in [-0.4, -0.2) is 40.2 Å². The van der Waals surface area contributed by atoms with Gasteiger partial charge < -0.3 is 9.67 Å². The topological polar surface area (TPSA) is 45.5 Å². The van der Waals surface area contributed by atoms with Crippen molar-refractivity contribution in [1.82, 2.24) is 9.47 Å². The Labute approximate surface area is 114 Å². The SMILES string of the molecule is CC(C)=CCN1CCC(n2cccc2C(=O)O)CC1. The van der Waals surface area contributed by atoms with Crippen LogP contribution in [-0.2, 0) is 0 Å². The van der Waals surface area contributed by atoms with Gasteiger partial charge in [0.05, 0.1) is 0 Å². The number of nitrogens with zero attached hydrogens (tertiary/aromatic N) is 2. The standard InChI is InChI=1S/C15H22N2O2/c1-12(2)5-9-16-10-6-13(7-11-16)17-8-3-4-14(17)15(18)19/h3-5,8,13H,6-7,9-11H2,1-2H3,(H,18,19). The van der Waals surface area contributed by atoms with Crippen molar-refractivity contribution < 1.29 is 9.90 Å². The smallest absolute Gasteiger partial charge is 0.352 e. The first-order valence-corrected chi connectivity index (χ1v) is 6.84. The summed E-state index contributed by atoms with van der Waals surface area (Å²) < 4.78 is 1.92. The molecule has 0 atom stereocenters. The number of carbonyl (C=O) groups is 1. The summed E-state index contributed by atoms with van der Waals surface area (Å²) in [5, 5.41) is 9.14. The van der Waals surface area contributed by atoms with E-state index >= 15 is 0 Å². The van der Waals surface area contributed by atoms with Crippen LogP contribution >= 0.6 is 0 Å². The van der Waals surface area contributed by atoms with Crippen molar-refractivity contribution in [2.45, 2.75) is 32.7 Å². The molecule has 0 amide bonds. The van der Waals surface area contributed by atoms with Crippen LogP contribution in [0.4, 0.5) is 0 Å². The maximum absolute atomic E-state index is 11.1. The van der Waals surface area contributed by atoms with E-state index in [1.807, 2.05) is 16.8 Å². The first-order chi connectivity index (χ1) is 9.08. The Balaban J connectivity index is 1.94. The van der Waals surface area contributed by atoms with Crippen LogP contribution in [0.15, 0.2) is 30.0 Å². The van der Waals surface area contributed by atoms with Gasteiger partial charge in [-0.15, -0.1) is 0 Å². The highest BCUT2D eigenvalue weighted by atomic mass is 16.4. The van der Waals surface area contributed by atoms with Crippen LogP contribution in [0.3, 0.4) is 0 Å². The van der Waals surface area contributed by atoms with Crippen LogP contribution in [0, 0.1) is 0 Å². The van der Waals surface area contributed by atoms with E-state index in [1.54, 1.807) is 6.07 Å². The molecular formula is C15H22N2O2. The average molecular weight is 262 g/mol. The molecule has 2 heterocycles. The van der Waals surface area contributed by atoms with E-state index in [2.05, 4.69) is 24.8 Å². The molecule has 104 valence electrons. The van der Waals surface area contributed by atoms with E-state index in [1.165, 1.54) is 5.57 Å². The third-order valence-corrected chi connectivity index (χ3v) is 3.71. The van der Waals surface area contributed by atoms with Gasteiger partial charge in [-0.05, 0) is 38.8 Å². The van der Waals surface area contributed by atoms with Crippen LogP contribution < -0.4 is 0 Å². The maximum Gasteiger partial charge on any atom is 0.352 e. The first-order valence-electron chi connectivity index (χ1n) is 6.84. The van der Waals surface area contributed by atoms with Gasteiger partial charge in [-0.3, -0.25) is 4.90 Å². The molecule has 0 bridgehead atoms. The summed E-state index contributed by atoms with van der Waals surface area (Å²) in [5.74, 6) is -0.836. The predicted octanol–water partition coefficient (Wildman–Crippen LogP) is 2.79. The lowest BCUT2D eigenvalue weighted by molar-refractivity contribution is 0.0678. The van der Waals surface area contributed by atoms with E-state index in [0.717, 1.165) is 32.5 Å². The number of carboxylic acid groups (broad SMARTS) is 1. The Kier molecular flexibility index (Phi) is 4.43. The molecule has 0 radical (unpaired) electrons. The number of hydrogen-bond donors (Lipinski definition) is 1. The molecule has 1 aliphatic rings. The Bertz CT molecular complexity index is 464. The normalized spacial score (nSPS) is 17.4. The quantitative estimate of drug-likeness (QED) is 0.849. The molecule has 2 rings (SSSR count). The highest BCUT2D eigenvalue weighted by Gasteiger charge is 2.22. The zero-order chi connectivity index (χ0) is 13.8. The Morgan fingerprint density at radius 2 is 2.11 bits per heavy atom. The molecule has 0 aromatic carbocycles. The van der Waals surface area contributed by atoms with Gasteiger partial charge >= 0.3 is 5.97 Å². The van der Waals surface area contributed by atoms with Gasteiger partial charge in [0.2, 0.25) is 0 Å². The minimum atomic E-state index is -0.836. The summed E-state index contributed by atoms with van der Waals surface area (Å²) in [6.45, 7) is 7.31. The molecule has 0 aliphatic carbocycles. The largest absolute Gasteiger partial charge is 0.477 e. The lowest BCUT2D eigenvalue weighted by atomic mass is 10.0. The number of likely N-dealkylation sites (tertiary alicyclic amines) is 1. The van der Waals surface area contributed by atoms with E-state index in [-0.39, 0.29) is 0 Å². The van der Waals surface area contributed by atoms with Gasteiger partial charge in [0.15, 0.2) is 0 Å². The summed E-state index contributed by atoms with van der Waals surface area (Å²) in [7, 11) is 0. The molecule has 4 nitrogen and oxygen atoms in total. The van der Waals surface area contributed by atoms with Gasteiger partial charge in [-0.2, -0.15) is 0 Å². The lowest BCUT2D eigenvalue weighted by Gasteiger charge is -2.32. The third-order valence-electron chi connectivity index (χ3n) is 3.71. The molecule has 0 saturated carbocycles. The first kappa shape index (κ1) is 13.9. The number of aromatic nitrogens is 1. The fourth-order valence-corrected chi connectivity index (χ4v) is 2.59. The highest BCUT2D eigenvalue weighted by Crippen LogP contribution is 2.24. The molecule has 0 spiro atoms. The Morgan fingerprint density at radius 1 is 1.42 bits per heavy atom. The number of carboxylic acids is 1. The molecule has 4 heteroatoms. The number of allylic oxidation sites excluding steroid dienone is 1. The van der Waals surface area contributed by atoms with Crippen molar-refractivity contribution >= 4 is 5.97 Å². The molecule has 0 unspecified atom stereocenters. The van der Waals surface area contributed by atoms with Crippen LogP contribution in [0.2, 0.25) is 0 Å². The summed E-state index contributed by atoms with van der Waals surface area (Å²) in [6.07, 6.45) is 6.18. The molecule has 1 N–H and O–H groups in total. The van der Waals surface area contributed by atoms with Crippen LogP contribution in [0.5, 0.6) is 0 Å². The zero-order valence-corrected chi connectivity index (χ0v) is 11.7. The minimum Gasteiger partial charge on any atom is -0.477 e. The maximum atomic E-state index is 11.1. The summed E-state index contributed by atoms with van der Waals surface area (Å²) in [5.41, 5.74) is 1.75. The molecule has 1 aliphatic heterocycles. The fourth-order valence-electron chi connectivity index (χ4n) is 2.59. The molecule has 1 aromatic rings. The molecular weight excluding hydrogens is 240 g/mol. The van der Waals surface area contributed by atoms with Crippen molar-refractivity contribution in [3.05, 3.63) is 35.7 Å². The fraction of sp³-hybridized carbons (Fsp3) is 0.533. The number of aromatic carboxylic acids is 1. The van der Waals surface area contributed by atoms with Crippen molar-refractivity contribution in [2.75, 3.05) is 19.6 Å². The van der Waals surface area contributed by atoms with Crippen molar-refractivity contribution in [2.24, 2.45) is 0 Å². The summed E-state index contributed by atoms with van der Waals surface area (Å²) in [6, 6.07) is 3.82. The summed E-state index contributed by atoms with van der Waals surface area (Å²) >= 11 is 0. The second kappa shape index (κ2) is 6.06. The zero-order valence-electron chi connectivity index (χ0n) is 11.7. The minimum absolute atomic E-state index is 0.323. The molecule has 1 fully saturated rings. The lowest BCUT2D eigenvalue weighted by Crippen LogP contribution is -2.35. The number of hydrogen-bond acceptors (Lipinski definition) is 2. The summed E-state index contributed by atoms with van der Waals surface area (Å²) in [4.78, 5) is 13.6. The predicted molar refractivity (Wildman–Crippen MR) is 75.5 cm³/mol. The van der Waals surface area contributed by atoms with Gasteiger partial charge in [-0.1, -0.05) is 11.6 Å². The molecule has 1 aromatic heterocycles. The van der Waals surface area contributed by atoms with Crippen molar-refractivity contribution in [3.63, 3.8) is 0 Å². The third kappa shape index (κ3) is 3.47. The van der Waals surface area contributed by atoms with E-state index < -0.39 is 5.97 Å². The van der Waals surface area contributed by atoms with Gasteiger partial charge in [0, 0.05) is 31.9 Å². The Morgan fingerprint density at radius 3 is 2.68 bits per heavy atom. The van der Waals surface area contributed by atoms with Crippen molar-refractivity contribution in [1.29, 1.82) is 0 Å². The van der Waals surface area contributed by atoms with Gasteiger partial charge in [0.25, 0.3) is 0 Å². The number of rotatable bonds is 4. The average Bonchev–Trinajstić information content (AvgIpc) is 2.86. The highest BCUT2D eigenvalue weighted by molar-refractivity contribution is 5.85.